The molecule has 0 unspecified atom stereocenters. The van der Waals surface area contributed by atoms with Crippen LogP contribution in [0.15, 0.2) is 24.3 Å². The second-order valence-corrected chi connectivity index (χ2v) is 16.6. The number of aliphatic hydroxyl groups is 6. The molecule has 0 aliphatic heterocycles. The molecule has 8 N–H and O–H groups in total. The summed E-state index contributed by atoms with van der Waals surface area (Å²) < 4.78 is 0. The van der Waals surface area contributed by atoms with E-state index in [-0.39, 0.29) is 67.0 Å². The molecule has 0 amide bonds. The molecule has 1 aromatic carbocycles. The SMILES string of the molecule is O=C(O)c1ccc(C(=O)O)cc1.OCC1(CO)CCCCCCCCC1.OCC1(CO)CCCCCCCCC1.OCC1(CO)CCCCCCCCC1. The van der Waals surface area contributed by atoms with Gasteiger partial charge in [-0.3, -0.25) is 0 Å². The highest BCUT2D eigenvalue weighted by molar-refractivity contribution is 5.91. The van der Waals surface area contributed by atoms with Gasteiger partial charge in [0, 0.05) is 16.2 Å². The minimum absolute atomic E-state index is 0.0833. The fourth-order valence-electron chi connectivity index (χ4n) is 7.88. The standard InChI is InChI=1S/3C12H24O2.C8H6O4/c3*13-10-12(11-14)8-6-4-2-1-3-5-7-9-12;9-7(10)5-1-2-6(4-3-5)8(11)12/h3*13-14H,1-11H2;1-4H,(H,9,10)(H,11,12). The summed E-state index contributed by atoms with van der Waals surface area (Å²) in [4.78, 5) is 20.7. The van der Waals surface area contributed by atoms with E-state index in [0.717, 1.165) is 38.5 Å². The molecule has 0 radical (unpaired) electrons. The number of aliphatic hydroxyl groups excluding tert-OH is 6. The lowest BCUT2D eigenvalue weighted by molar-refractivity contribution is 0.0343. The zero-order valence-electron chi connectivity index (χ0n) is 33.5. The average Bonchev–Trinajstić information content (AvgIpc) is 3.21. The topological polar surface area (TPSA) is 196 Å². The van der Waals surface area contributed by atoms with Crippen molar-refractivity contribution >= 4 is 11.9 Å². The summed E-state index contributed by atoms with van der Waals surface area (Å²) in [5.41, 5.74) is -0.341. The predicted octanol–water partition coefficient (Wildman–Crippen LogP) is 8.53. The molecule has 10 nitrogen and oxygen atoms in total. The molecule has 0 aromatic heterocycles. The molecular formula is C44H78O10. The normalized spacial score (nSPS) is 21.1. The van der Waals surface area contributed by atoms with Crippen molar-refractivity contribution in [3.8, 4) is 0 Å². The van der Waals surface area contributed by atoms with Gasteiger partial charge in [-0.2, -0.15) is 0 Å². The number of hydrogen-bond acceptors (Lipinski definition) is 8. The van der Waals surface area contributed by atoms with Gasteiger partial charge in [0.2, 0.25) is 0 Å². The second kappa shape index (κ2) is 30.1. The maximum atomic E-state index is 10.3. The van der Waals surface area contributed by atoms with Crippen LogP contribution in [0.1, 0.15) is 194 Å². The second-order valence-electron chi connectivity index (χ2n) is 16.6. The first-order chi connectivity index (χ1) is 26.1. The van der Waals surface area contributed by atoms with Gasteiger partial charge in [-0.25, -0.2) is 9.59 Å². The highest BCUT2D eigenvalue weighted by Gasteiger charge is 2.29. The molecule has 0 spiro atoms. The Morgan fingerprint density at radius 2 is 0.481 bits per heavy atom. The molecular weight excluding hydrogens is 688 g/mol. The Hall–Kier alpha value is -2.08. The van der Waals surface area contributed by atoms with Gasteiger partial charge in [0.05, 0.1) is 50.8 Å². The molecule has 10 heteroatoms. The van der Waals surface area contributed by atoms with E-state index in [9.17, 15) is 40.2 Å². The fourth-order valence-corrected chi connectivity index (χ4v) is 7.88. The predicted molar refractivity (Wildman–Crippen MR) is 215 cm³/mol. The Morgan fingerprint density at radius 1 is 0.333 bits per heavy atom. The number of carbonyl (C=O) groups is 2. The molecule has 4 rings (SSSR count). The zero-order chi connectivity index (χ0) is 40.0. The van der Waals surface area contributed by atoms with E-state index < -0.39 is 11.9 Å². The Labute approximate surface area is 326 Å². The van der Waals surface area contributed by atoms with Crippen molar-refractivity contribution in [3.63, 3.8) is 0 Å². The molecule has 0 atom stereocenters. The monoisotopic (exact) mass is 767 g/mol. The van der Waals surface area contributed by atoms with Crippen LogP contribution in [0.25, 0.3) is 0 Å². The van der Waals surface area contributed by atoms with Crippen molar-refractivity contribution in [1.29, 1.82) is 0 Å². The Morgan fingerprint density at radius 3 is 0.611 bits per heavy atom. The summed E-state index contributed by atoms with van der Waals surface area (Å²) in [5.74, 6) is -2.13. The van der Waals surface area contributed by atoms with E-state index in [1.54, 1.807) is 0 Å². The largest absolute Gasteiger partial charge is 0.478 e. The van der Waals surface area contributed by atoms with Crippen LogP contribution in [0, 0.1) is 16.2 Å². The smallest absolute Gasteiger partial charge is 0.335 e. The van der Waals surface area contributed by atoms with Crippen LogP contribution < -0.4 is 0 Å². The Bertz CT molecular complexity index is 914. The van der Waals surface area contributed by atoms with E-state index in [1.165, 1.54) is 159 Å². The molecule has 3 aliphatic carbocycles. The quantitative estimate of drug-likeness (QED) is 0.127. The summed E-state index contributed by atoms with van der Waals surface area (Å²) in [5, 5.41) is 73.1. The molecule has 3 fully saturated rings. The van der Waals surface area contributed by atoms with E-state index >= 15 is 0 Å². The summed E-state index contributed by atoms with van der Waals surface area (Å²) in [6.07, 6.45) is 32.7. The van der Waals surface area contributed by atoms with Crippen LogP contribution in [0.3, 0.4) is 0 Å². The first kappa shape index (κ1) is 49.9. The van der Waals surface area contributed by atoms with Crippen molar-refractivity contribution in [3.05, 3.63) is 35.4 Å². The van der Waals surface area contributed by atoms with Crippen LogP contribution in [0.2, 0.25) is 0 Å². The Balaban J connectivity index is 0.000000361. The minimum Gasteiger partial charge on any atom is -0.478 e. The highest BCUT2D eigenvalue weighted by atomic mass is 16.4. The lowest BCUT2D eigenvalue weighted by atomic mass is 9.78. The van der Waals surface area contributed by atoms with Gasteiger partial charge in [0.25, 0.3) is 0 Å². The minimum atomic E-state index is -1.06. The van der Waals surface area contributed by atoms with Gasteiger partial charge in [-0.1, -0.05) is 135 Å². The number of rotatable bonds is 8. The fraction of sp³-hybridized carbons (Fsp3) is 0.818. The van der Waals surface area contributed by atoms with Crippen molar-refractivity contribution in [1.82, 2.24) is 0 Å². The van der Waals surface area contributed by atoms with Gasteiger partial charge in [0.1, 0.15) is 0 Å². The van der Waals surface area contributed by atoms with Crippen LogP contribution >= 0.6 is 0 Å². The number of carboxylic acids is 2. The zero-order valence-corrected chi connectivity index (χ0v) is 33.5. The third-order valence-corrected chi connectivity index (χ3v) is 12.1. The summed E-state index contributed by atoms with van der Waals surface area (Å²) in [6.45, 7) is 0.938. The van der Waals surface area contributed by atoms with E-state index in [1.807, 2.05) is 0 Å². The van der Waals surface area contributed by atoms with Crippen molar-refractivity contribution < 1.29 is 50.4 Å². The third-order valence-electron chi connectivity index (χ3n) is 12.1. The average molecular weight is 767 g/mol. The molecule has 3 saturated carbocycles. The molecule has 3 aliphatic rings. The highest BCUT2D eigenvalue weighted by Crippen LogP contribution is 2.34. The van der Waals surface area contributed by atoms with Crippen LogP contribution in [-0.2, 0) is 0 Å². The maximum absolute atomic E-state index is 10.3. The van der Waals surface area contributed by atoms with Crippen molar-refractivity contribution in [2.45, 2.75) is 173 Å². The molecule has 0 saturated heterocycles. The number of benzene rings is 1. The number of hydrogen-bond donors (Lipinski definition) is 8. The van der Waals surface area contributed by atoms with Crippen LogP contribution in [0.5, 0.6) is 0 Å². The van der Waals surface area contributed by atoms with E-state index in [0.29, 0.717) is 0 Å². The van der Waals surface area contributed by atoms with Gasteiger partial charge >= 0.3 is 11.9 Å². The molecule has 54 heavy (non-hydrogen) atoms. The number of carboxylic acid groups (broad SMARTS) is 2. The van der Waals surface area contributed by atoms with Gasteiger partial charge < -0.3 is 40.9 Å². The molecule has 0 heterocycles. The lowest BCUT2D eigenvalue weighted by Gasteiger charge is -2.30. The van der Waals surface area contributed by atoms with Crippen LogP contribution in [-0.4, -0.2) is 92.4 Å². The van der Waals surface area contributed by atoms with E-state index in [4.69, 9.17) is 10.2 Å². The summed E-state index contributed by atoms with van der Waals surface area (Å²) in [7, 11) is 0. The Kier molecular flexibility index (Phi) is 27.8. The number of aromatic carboxylic acids is 2. The third kappa shape index (κ3) is 20.7. The van der Waals surface area contributed by atoms with E-state index in [2.05, 4.69) is 0 Å². The first-order valence-electron chi connectivity index (χ1n) is 21.3. The first-order valence-corrected chi connectivity index (χ1v) is 21.3. The van der Waals surface area contributed by atoms with Crippen molar-refractivity contribution in [2.24, 2.45) is 16.2 Å². The molecule has 0 bridgehead atoms. The lowest BCUT2D eigenvalue weighted by Crippen LogP contribution is -2.30. The molecule has 1 aromatic rings. The summed E-state index contributed by atoms with van der Waals surface area (Å²) in [6, 6.07) is 5.02. The van der Waals surface area contributed by atoms with Crippen LogP contribution in [0.4, 0.5) is 0 Å². The maximum Gasteiger partial charge on any atom is 0.335 e. The van der Waals surface area contributed by atoms with Gasteiger partial charge in [-0.15, -0.1) is 0 Å². The van der Waals surface area contributed by atoms with Gasteiger partial charge in [0.15, 0.2) is 0 Å². The molecule has 314 valence electrons. The summed E-state index contributed by atoms with van der Waals surface area (Å²) >= 11 is 0. The van der Waals surface area contributed by atoms with Crippen molar-refractivity contribution in [2.75, 3.05) is 39.6 Å². The van der Waals surface area contributed by atoms with Gasteiger partial charge in [-0.05, 0) is 62.8 Å².